The third kappa shape index (κ3) is 4.16. The molecule has 162 valence electrons. The molecule has 4 aromatic rings. The molecule has 1 aliphatic carbocycles. The number of rotatable bonds is 6. The molecule has 2 N–H and O–H groups in total. The highest BCUT2D eigenvalue weighted by Crippen LogP contribution is 2.44. The molecule has 0 unspecified atom stereocenters. The lowest BCUT2D eigenvalue weighted by Crippen LogP contribution is -2.18. The molecule has 0 fully saturated rings. The molecule has 0 saturated carbocycles. The van der Waals surface area contributed by atoms with E-state index in [1.165, 1.54) is 28.8 Å². The smallest absolute Gasteiger partial charge is 0.291 e. The maximum atomic E-state index is 13.7. The highest BCUT2D eigenvalue weighted by molar-refractivity contribution is 7.16. The van der Waals surface area contributed by atoms with Gasteiger partial charge in [0, 0.05) is 16.6 Å². The maximum Gasteiger partial charge on any atom is 0.291 e. The first-order valence-electron chi connectivity index (χ1n) is 10.6. The molecule has 0 aliphatic heterocycles. The Kier molecular flexibility index (Phi) is 5.73. The van der Waals surface area contributed by atoms with E-state index >= 15 is 0 Å². The number of amides is 1. The third-order valence-corrected chi connectivity index (χ3v) is 6.86. The van der Waals surface area contributed by atoms with Crippen molar-refractivity contribution >= 4 is 28.1 Å². The van der Waals surface area contributed by atoms with Crippen LogP contribution in [0.2, 0.25) is 0 Å². The molecule has 1 aliphatic rings. The molecule has 1 aromatic carbocycles. The van der Waals surface area contributed by atoms with Crippen molar-refractivity contribution in [2.45, 2.75) is 31.7 Å². The average molecular weight is 448 g/mol. The zero-order valence-corrected chi connectivity index (χ0v) is 18.1. The fourth-order valence-electron chi connectivity index (χ4n) is 4.13. The Bertz CT molecular complexity index is 1200. The van der Waals surface area contributed by atoms with Gasteiger partial charge in [-0.1, -0.05) is 18.2 Å². The Morgan fingerprint density at radius 1 is 1.06 bits per heavy atom. The lowest BCUT2D eigenvalue weighted by Gasteiger charge is -2.24. The third-order valence-electron chi connectivity index (χ3n) is 5.63. The van der Waals surface area contributed by atoms with Gasteiger partial charge in [-0.25, -0.2) is 9.37 Å². The molecule has 0 radical (unpaired) electrons. The van der Waals surface area contributed by atoms with E-state index < -0.39 is 0 Å². The minimum atomic E-state index is -0.296. The second-order valence-electron chi connectivity index (χ2n) is 7.73. The minimum absolute atomic E-state index is 0.262. The fourth-order valence-corrected chi connectivity index (χ4v) is 5.46. The SMILES string of the molecule is O=C(Nc1sc2c(c1[C@H](Nc1ccccn1)c1ccc(F)cc1)CCCC2)c1ccco1. The minimum Gasteiger partial charge on any atom is -0.459 e. The molecule has 1 amide bonds. The van der Waals surface area contributed by atoms with Crippen molar-refractivity contribution in [3.8, 4) is 0 Å². The summed E-state index contributed by atoms with van der Waals surface area (Å²) in [6.45, 7) is 0. The van der Waals surface area contributed by atoms with Crippen LogP contribution in [0.25, 0.3) is 0 Å². The van der Waals surface area contributed by atoms with Gasteiger partial charge in [0.15, 0.2) is 5.76 Å². The summed E-state index contributed by atoms with van der Waals surface area (Å²) in [5.41, 5.74) is 3.17. The number of nitrogens with zero attached hydrogens (tertiary/aromatic N) is 1. The maximum absolute atomic E-state index is 13.7. The summed E-state index contributed by atoms with van der Waals surface area (Å²) in [5, 5.41) is 7.37. The quantitative estimate of drug-likeness (QED) is 0.369. The number of nitrogens with one attached hydrogen (secondary N) is 2. The Morgan fingerprint density at radius 3 is 2.66 bits per heavy atom. The summed E-state index contributed by atoms with van der Waals surface area (Å²) in [6, 6.07) is 15.2. The van der Waals surface area contributed by atoms with E-state index in [4.69, 9.17) is 4.42 Å². The predicted octanol–water partition coefficient (Wildman–Crippen LogP) is 6.21. The van der Waals surface area contributed by atoms with Crippen LogP contribution in [0.1, 0.15) is 51.0 Å². The lowest BCUT2D eigenvalue weighted by atomic mass is 9.89. The molecule has 32 heavy (non-hydrogen) atoms. The number of aromatic nitrogens is 1. The van der Waals surface area contributed by atoms with Crippen molar-refractivity contribution in [1.29, 1.82) is 0 Å². The van der Waals surface area contributed by atoms with Crippen LogP contribution < -0.4 is 10.6 Å². The number of hydrogen-bond donors (Lipinski definition) is 2. The molecule has 7 heteroatoms. The zero-order valence-electron chi connectivity index (χ0n) is 17.3. The van der Waals surface area contributed by atoms with Gasteiger partial charge in [0.25, 0.3) is 5.91 Å². The fraction of sp³-hybridized carbons (Fsp3) is 0.200. The number of hydrogen-bond acceptors (Lipinski definition) is 5. The summed E-state index contributed by atoms with van der Waals surface area (Å²) in [5.74, 6) is 0.397. The first-order chi connectivity index (χ1) is 15.7. The summed E-state index contributed by atoms with van der Waals surface area (Å²) < 4.78 is 19.0. The second-order valence-corrected chi connectivity index (χ2v) is 8.83. The summed E-state index contributed by atoms with van der Waals surface area (Å²) in [4.78, 5) is 18.5. The highest BCUT2D eigenvalue weighted by Gasteiger charge is 2.29. The van der Waals surface area contributed by atoms with E-state index in [2.05, 4.69) is 15.6 Å². The van der Waals surface area contributed by atoms with Gasteiger partial charge in [0.05, 0.1) is 12.3 Å². The average Bonchev–Trinajstić information content (AvgIpc) is 3.47. The van der Waals surface area contributed by atoms with Crippen LogP contribution in [0.5, 0.6) is 0 Å². The number of pyridine rings is 1. The standard InChI is InChI=1S/C25H22FN3O2S/c26-17-12-10-16(11-13-17)23(28-21-9-3-4-14-27-21)22-18-6-1-2-8-20(18)32-25(22)29-24(30)19-7-5-15-31-19/h3-5,7,9-15,23H,1-2,6,8H2,(H,27,28)(H,29,30)/t23-/m1/s1. The number of anilines is 2. The van der Waals surface area contributed by atoms with Crippen LogP contribution in [0.3, 0.4) is 0 Å². The van der Waals surface area contributed by atoms with Crippen LogP contribution in [0.15, 0.2) is 71.5 Å². The van der Waals surface area contributed by atoms with E-state index in [1.54, 1.807) is 41.8 Å². The Morgan fingerprint density at radius 2 is 1.91 bits per heavy atom. The Balaban J connectivity index is 1.61. The van der Waals surface area contributed by atoms with Crippen molar-refractivity contribution in [2.24, 2.45) is 0 Å². The van der Waals surface area contributed by atoms with Gasteiger partial charge in [-0.2, -0.15) is 0 Å². The summed E-state index contributed by atoms with van der Waals surface area (Å²) in [6.07, 6.45) is 7.38. The first-order valence-corrected chi connectivity index (χ1v) is 11.4. The van der Waals surface area contributed by atoms with E-state index in [-0.39, 0.29) is 23.5 Å². The van der Waals surface area contributed by atoms with Crippen LogP contribution in [-0.4, -0.2) is 10.9 Å². The van der Waals surface area contributed by atoms with Crippen molar-refractivity contribution in [2.75, 3.05) is 10.6 Å². The molecule has 0 spiro atoms. The number of halogens is 1. The largest absolute Gasteiger partial charge is 0.459 e. The van der Waals surface area contributed by atoms with Gasteiger partial charge >= 0.3 is 0 Å². The van der Waals surface area contributed by atoms with Crippen molar-refractivity contribution in [3.05, 3.63) is 100 Å². The van der Waals surface area contributed by atoms with Gasteiger partial charge in [0.1, 0.15) is 16.6 Å². The summed E-state index contributed by atoms with van der Waals surface area (Å²) >= 11 is 1.62. The number of furan rings is 1. The molecule has 0 saturated heterocycles. The van der Waals surface area contributed by atoms with Crippen molar-refractivity contribution in [1.82, 2.24) is 4.98 Å². The monoisotopic (exact) mass is 447 g/mol. The van der Waals surface area contributed by atoms with Gasteiger partial charge in [-0.05, 0) is 73.2 Å². The molecule has 5 rings (SSSR count). The molecule has 5 nitrogen and oxygen atoms in total. The highest BCUT2D eigenvalue weighted by atomic mass is 32.1. The Hall–Kier alpha value is -3.45. The normalized spacial score (nSPS) is 13.9. The number of fused-ring (bicyclic) bond motifs is 1. The number of aryl methyl sites for hydroxylation is 1. The van der Waals surface area contributed by atoms with Crippen LogP contribution in [0, 0.1) is 5.82 Å². The number of thiophene rings is 1. The molecule has 1 atom stereocenters. The number of carbonyl (C=O) groups excluding carboxylic acids is 1. The second kappa shape index (κ2) is 8.96. The number of carbonyl (C=O) groups is 1. The molecule has 0 bridgehead atoms. The zero-order chi connectivity index (χ0) is 21.9. The lowest BCUT2D eigenvalue weighted by molar-refractivity contribution is 0.0997. The van der Waals surface area contributed by atoms with Crippen LogP contribution in [0.4, 0.5) is 15.2 Å². The molecular formula is C25H22FN3O2S. The van der Waals surface area contributed by atoms with E-state index in [0.717, 1.165) is 41.8 Å². The van der Waals surface area contributed by atoms with Gasteiger partial charge in [0.2, 0.25) is 0 Å². The van der Waals surface area contributed by atoms with Crippen molar-refractivity contribution < 1.29 is 13.6 Å². The molecule has 3 aromatic heterocycles. The molecule has 3 heterocycles. The summed E-state index contributed by atoms with van der Waals surface area (Å²) in [7, 11) is 0. The van der Waals surface area contributed by atoms with Gasteiger partial charge < -0.3 is 15.1 Å². The van der Waals surface area contributed by atoms with Gasteiger partial charge in [-0.15, -0.1) is 11.3 Å². The van der Waals surface area contributed by atoms with Crippen LogP contribution >= 0.6 is 11.3 Å². The number of benzene rings is 1. The molecular weight excluding hydrogens is 425 g/mol. The Labute approximate surface area is 189 Å². The first kappa shape index (κ1) is 20.5. The van der Waals surface area contributed by atoms with E-state index in [1.807, 2.05) is 18.2 Å². The predicted molar refractivity (Wildman–Crippen MR) is 124 cm³/mol. The van der Waals surface area contributed by atoms with E-state index in [9.17, 15) is 9.18 Å². The van der Waals surface area contributed by atoms with Crippen LogP contribution in [-0.2, 0) is 12.8 Å². The van der Waals surface area contributed by atoms with Gasteiger partial charge in [-0.3, -0.25) is 4.79 Å². The van der Waals surface area contributed by atoms with Crippen molar-refractivity contribution in [3.63, 3.8) is 0 Å². The van der Waals surface area contributed by atoms with E-state index in [0.29, 0.717) is 5.82 Å². The topological polar surface area (TPSA) is 67.2 Å².